The van der Waals surface area contributed by atoms with E-state index in [0.717, 1.165) is 11.6 Å². The minimum Gasteiger partial charge on any atom is -0.455 e. The number of rotatable bonds is 6. The summed E-state index contributed by atoms with van der Waals surface area (Å²) in [5, 5.41) is 3.98. The van der Waals surface area contributed by atoms with E-state index in [4.69, 9.17) is 4.42 Å². The number of fused-ring (bicyclic) bond motifs is 2. The summed E-state index contributed by atoms with van der Waals surface area (Å²) in [4.78, 5) is 35.9. The average Bonchev–Trinajstić information content (AvgIpc) is 3.61. The van der Waals surface area contributed by atoms with Crippen molar-refractivity contribution in [2.24, 2.45) is 0 Å². The molecule has 0 unspecified atom stereocenters. The number of anilines is 1. The van der Waals surface area contributed by atoms with Crippen LogP contribution >= 0.6 is 0 Å². The lowest BCUT2D eigenvalue weighted by molar-refractivity contribution is 0.0702. The summed E-state index contributed by atoms with van der Waals surface area (Å²) in [5.74, 6) is -0.991. The molecule has 0 saturated carbocycles. The lowest BCUT2D eigenvalue weighted by Gasteiger charge is -2.34. The number of aromatic nitrogens is 2. The third-order valence-electron chi connectivity index (χ3n) is 8.01. The number of nitrogens with zero attached hydrogens (tertiary/aromatic N) is 3. The molecule has 12 heteroatoms. The van der Waals surface area contributed by atoms with E-state index in [0.29, 0.717) is 65.1 Å². The highest BCUT2D eigenvalue weighted by atomic mass is 32.2. The molecular formula is C31H30FN5O5S. The largest absolute Gasteiger partial charge is 0.455 e. The number of sulfonamides is 1. The first-order chi connectivity index (χ1) is 20.5. The van der Waals surface area contributed by atoms with E-state index in [1.807, 2.05) is 12.1 Å². The average molecular weight is 604 g/mol. The maximum absolute atomic E-state index is 13.7. The van der Waals surface area contributed by atoms with Crippen LogP contribution in [0.1, 0.15) is 45.2 Å². The Labute approximate surface area is 247 Å². The molecule has 10 nitrogen and oxygen atoms in total. The fraction of sp³-hybridized carbons (Fsp3) is 0.258. The number of carbonyl (C=O) groups excluding carboxylic acids is 2. The summed E-state index contributed by atoms with van der Waals surface area (Å²) in [7, 11) is -0.705. The zero-order chi connectivity index (χ0) is 30.5. The second kappa shape index (κ2) is 10.8. The first-order valence-electron chi connectivity index (χ1n) is 13.8. The van der Waals surface area contributed by atoms with Gasteiger partial charge in [-0.05, 0) is 66.9 Å². The highest BCUT2D eigenvalue weighted by Crippen LogP contribution is 2.42. The number of halogens is 1. The van der Waals surface area contributed by atoms with Crippen molar-refractivity contribution >= 4 is 49.5 Å². The number of pyridine rings is 1. The van der Waals surface area contributed by atoms with Crippen LogP contribution in [0.3, 0.4) is 0 Å². The van der Waals surface area contributed by atoms with Crippen molar-refractivity contribution < 1.29 is 26.8 Å². The molecule has 2 N–H and O–H groups in total. The maximum atomic E-state index is 13.7. The van der Waals surface area contributed by atoms with E-state index in [2.05, 4.69) is 15.3 Å². The Bertz CT molecular complexity index is 1950. The second-order valence-corrected chi connectivity index (χ2v) is 12.8. The Morgan fingerprint density at radius 1 is 1.16 bits per heavy atom. The summed E-state index contributed by atoms with van der Waals surface area (Å²) in [5.41, 5.74) is 3.19. The topological polar surface area (TPSA) is 129 Å². The van der Waals surface area contributed by atoms with Gasteiger partial charge in [0.15, 0.2) is 0 Å². The third-order valence-corrected chi connectivity index (χ3v) is 9.20. The van der Waals surface area contributed by atoms with Crippen LogP contribution < -0.4 is 9.62 Å². The van der Waals surface area contributed by atoms with E-state index >= 15 is 0 Å². The van der Waals surface area contributed by atoms with Crippen LogP contribution in [0.5, 0.6) is 0 Å². The summed E-state index contributed by atoms with van der Waals surface area (Å²) in [6.07, 6.45) is 4.17. The predicted octanol–water partition coefficient (Wildman–Crippen LogP) is 4.89. The van der Waals surface area contributed by atoms with Gasteiger partial charge in [0.05, 0.1) is 17.5 Å². The van der Waals surface area contributed by atoms with Crippen molar-refractivity contribution in [2.75, 3.05) is 37.7 Å². The van der Waals surface area contributed by atoms with E-state index in [1.54, 1.807) is 29.3 Å². The Balaban J connectivity index is 1.46. The molecule has 43 heavy (non-hydrogen) atoms. The minimum absolute atomic E-state index is 0.172. The molecule has 222 valence electrons. The van der Waals surface area contributed by atoms with Crippen molar-refractivity contribution in [1.82, 2.24) is 20.2 Å². The van der Waals surface area contributed by atoms with Gasteiger partial charge in [0.25, 0.3) is 11.8 Å². The SMILES string of the molecule is CNC(=O)c1c(-c2ccc(F)cc2)oc2cc(N(C)S(C)(=O)=O)c([C@@H]3CCCN(C(=O)c4cc5cccnc5[nH]4)C3)cc12. The fourth-order valence-electron chi connectivity index (χ4n) is 5.74. The standard InChI is InChI=1S/C31H30FN5O5S/c1-33-30(38)27-23-15-22(20-7-5-13-37(17-20)31(39)24-14-19-6-4-12-34-29(19)35-24)25(36(2)43(3,40)41)16-26(23)42-28(27)18-8-10-21(32)11-9-18/h4,6,8-12,14-16,20H,5,7,13,17H2,1-3H3,(H,33,38)(H,34,35)/t20-/m1/s1. The predicted molar refractivity (Wildman–Crippen MR) is 162 cm³/mol. The summed E-state index contributed by atoms with van der Waals surface area (Å²) < 4.78 is 46.5. The van der Waals surface area contributed by atoms with E-state index < -0.39 is 21.7 Å². The highest BCUT2D eigenvalue weighted by molar-refractivity contribution is 7.92. The molecule has 1 aliphatic rings. The monoisotopic (exact) mass is 603 g/mol. The molecule has 3 aromatic heterocycles. The summed E-state index contributed by atoms with van der Waals surface area (Å²) in [6.45, 7) is 0.886. The number of piperidine rings is 1. The normalized spacial score (nSPS) is 15.6. The Morgan fingerprint density at radius 3 is 2.63 bits per heavy atom. The molecule has 0 bridgehead atoms. The van der Waals surface area contributed by atoms with Crippen molar-refractivity contribution in [3.63, 3.8) is 0 Å². The Morgan fingerprint density at radius 2 is 1.93 bits per heavy atom. The van der Waals surface area contributed by atoms with Crippen LogP contribution in [0.4, 0.5) is 10.1 Å². The zero-order valence-corrected chi connectivity index (χ0v) is 24.7. The van der Waals surface area contributed by atoms with Gasteiger partial charge in [-0.25, -0.2) is 17.8 Å². The third kappa shape index (κ3) is 5.22. The summed E-state index contributed by atoms with van der Waals surface area (Å²) in [6, 6.07) is 14.5. The molecule has 0 aliphatic carbocycles. The molecule has 2 aromatic carbocycles. The molecule has 1 fully saturated rings. The van der Waals surface area contributed by atoms with E-state index in [1.165, 1.54) is 42.7 Å². The van der Waals surface area contributed by atoms with Gasteiger partial charge < -0.3 is 19.6 Å². The molecule has 0 spiro atoms. The summed E-state index contributed by atoms with van der Waals surface area (Å²) >= 11 is 0. The van der Waals surface area contributed by atoms with Crippen molar-refractivity contribution in [3.05, 3.63) is 83.4 Å². The number of furan rings is 1. The molecule has 2 amide bonds. The number of likely N-dealkylation sites (tertiary alicyclic amines) is 1. The lowest BCUT2D eigenvalue weighted by Crippen LogP contribution is -2.39. The van der Waals surface area contributed by atoms with E-state index in [9.17, 15) is 22.4 Å². The first-order valence-corrected chi connectivity index (χ1v) is 15.7. The van der Waals surface area contributed by atoms with Gasteiger partial charge in [-0.1, -0.05) is 0 Å². The quantitative estimate of drug-likeness (QED) is 0.284. The smallest absolute Gasteiger partial charge is 0.270 e. The van der Waals surface area contributed by atoms with Crippen LogP contribution in [0, 0.1) is 5.82 Å². The number of amides is 2. The van der Waals surface area contributed by atoms with Crippen LogP contribution in [0.25, 0.3) is 33.3 Å². The second-order valence-electron chi connectivity index (χ2n) is 10.7. The van der Waals surface area contributed by atoms with Gasteiger partial charge >= 0.3 is 0 Å². The molecular weight excluding hydrogens is 573 g/mol. The first kappa shape index (κ1) is 28.4. The molecule has 4 heterocycles. The van der Waals surface area contributed by atoms with Crippen molar-refractivity contribution in [3.8, 4) is 11.3 Å². The van der Waals surface area contributed by atoms with Crippen LogP contribution in [-0.2, 0) is 10.0 Å². The van der Waals surface area contributed by atoms with Gasteiger partial charge in [0.1, 0.15) is 28.5 Å². The minimum atomic E-state index is -3.68. The van der Waals surface area contributed by atoms with Crippen LogP contribution in [0.15, 0.2) is 65.2 Å². The number of carbonyl (C=O) groups is 2. The van der Waals surface area contributed by atoms with Crippen LogP contribution in [-0.4, -0.2) is 68.5 Å². The Kier molecular flexibility index (Phi) is 7.17. The molecule has 1 saturated heterocycles. The molecule has 6 rings (SSSR count). The zero-order valence-electron chi connectivity index (χ0n) is 23.8. The van der Waals surface area contributed by atoms with Gasteiger partial charge in [-0.3, -0.25) is 13.9 Å². The Hall–Kier alpha value is -4.71. The molecule has 1 aliphatic heterocycles. The van der Waals surface area contributed by atoms with Gasteiger partial charge in [-0.15, -0.1) is 0 Å². The van der Waals surface area contributed by atoms with Crippen molar-refractivity contribution in [1.29, 1.82) is 0 Å². The fourth-order valence-corrected chi connectivity index (χ4v) is 6.26. The molecule has 1 atom stereocenters. The van der Waals surface area contributed by atoms with Gasteiger partial charge in [0, 0.05) is 61.7 Å². The van der Waals surface area contributed by atoms with Gasteiger partial charge in [0.2, 0.25) is 10.0 Å². The molecule has 5 aromatic rings. The number of hydrogen-bond acceptors (Lipinski definition) is 6. The molecule has 0 radical (unpaired) electrons. The number of H-pyrrole nitrogens is 1. The number of hydrogen-bond donors (Lipinski definition) is 2. The number of nitrogens with one attached hydrogen (secondary N) is 2. The van der Waals surface area contributed by atoms with E-state index in [-0.39, 0.29) is 23.1 Å². The maximum Gasteiger partial charge on any atom is 0.270 e. The lowest BCUT2D eigenvalue weighted by atomic mass is 9.88. The van der Waals surface area contributed by atoms with Crippen molar-refractivity contribution in [2.45, 2.75) is 18.8 Å². The van der Waals surface area contributed by atoms with Crippen LogP contribution in [0.2, 0.25) is 0 Å². The number of aromatic amines is 1. The van der Waals surface area contributed by atoms with Gasteiger partial charge in [-0.2, -0.15) is 0 Å². The number of benzene rings is 2. The highest BCUT2D eigenvalue weighted by Gasteiger charge is 2.32.